The molecule has 13 heavy (non-hydrogen) atoms. The topological polar surface area (TPSA) is 26.0 Å². The van der Waals surface area contributed by atoms with Gasteiger partial charge in [0.1, 0.15) is 0 Å². The Kier molecular flexibility index (Phi) is 4.30. The zero-order valence-corrected chi connectivity index (χ0v) is 8.29. The van der Waals surface area contributed by atoms with E-state index >= 15 is 0 Å². The van der Waals surface area contributed by atoms with Crippen molar-refractivity contribution >= 4 is 12.4 Å². The summed E-state index contributed by atoms with van der Waals surface area (Å²) in [7, 11) is 0. The predicted molar refractivity (Wildman–Crippen MR) is 50.9 cm³/mol. The summed E-state index contributed by atoms with van der Waals surface area (Å²) in [6, 6.07) is 2.57. The minimum atomic E-state index is -0.829. The van der Waals surface area contributed by atoms with Gasteiger partial charge in [-0.2, -0.15) is 0 Å². The van der Waals surface area contributed by atoms with Crippen molar-refractivity contribution in [3.63, 3.8) is 0 Å². The fraction of sp³-hybridized carbons (Fsp3) is 0.333. The van der Waals surface area contributed by atoms with E-state index in [0.717, 1.165) is 0 Å². The van der Waals surface area contributed by atoms with Crippen LogP contribution in [0.3, 0.4) is 0 Å². The van der Waals surface area contributed by atoms with E-state index in [1.54, 1.807) is 6.92 Å². The van der Waals surface area contributed by atoms with Crippen molar-refractivity contribution in [3.05, 3.63) is 34.9 Å². The quantitative estimate of drug-likeness (QED) is 0.753. The third kappa shape index (κ3) is 2.39. The lowest BCUT2D eigenvalue weighted by Crippen LogP contribution is -2.09. The Morgan fingerprint density at radius 1 is 1.23 bits per heavy atom. The second kappa shape index (κ2) is 4.53. The van der Waals surface area contributed by atoms with Crippen LogP contribution in [0.4, 0.5) is 8.78 Å². The molecule has 0 radical (unpaired) electrons. The van der Waals surface area contributed by atoms with Crippen LogP contribution in [0.15, 0.2) is 12.1 Å². The molecule has 4 heteroatoms. The third-order valence-electron chi connectivity index (χ3n) is 1.80. The molecule has 1 unspecified atom stereocenters. The first-order valence-electron chi connectivity index (χ1n) is 3.74. The molecule has 1 rings (SSSR count). The van der Waals surface area contributed by atoms with Crippen LogP contribution < -0.4 is 5.73 Å². The number of rotatable bonds is 1. The average Bonchev–Trinajstić information content (AvgIpc) is 2.00. The van der Waals surface area contributed by atoms with Gasteiger partial charge >= 0.3 is 0 Å². The van der Waals surface area contributed by atoms with Gasteiger partial charge in [0, 0.05) is 11.6 Å². The van der Waals surface area contributed by atoms with E-state index in [-0.39, 0.29) is 18.0 Å². The van der Waals surface area contributed by atoms with Crippen LogP contribution in [0, 0.1) is 18.6 Å². The number of nitrogens with two attached hydrogens (primary N) is 1. The molecule has 0 aliphatic rings. The molecule has 74 valence electrons. The summed E-state index contributed by atoms with van der Waals surface area (Å²) >= 11 is 0. The summed E-state index contributed by atoms with van der Waals surface area (Å²) in [5, 5.41) is 0. The number of aryl methyl sites for hydroxylation is 1. The zero-order valence-electron chi connectivity index (χ0n) is 7.47. The molecule has 0 aliphatic heterocycles. The summed E-state index contributed by atoms with van der Waals surface area (Å²) in [6.07, 6.45) is 0. The van der Waals surface area contributed by atoms with E-state index in [2.05, 4.69) is 0 Å². The van der Waals surface area contributed by atoms with E-state index in [1.165, 1.54) is 19.1 Å². The SMILES string of the molecule is Cc1ccc(C(C)N)c(F)c1F.Cl. The lowest BCUT2D eigenvalue weighted by molar-refractivity contribution is 0.487. The normalized spacial score (nSPS) is 12.1. The van der Waals surface area contributed by atoms with Gasteiger partial charge in [-0.15, -0.1) is 12.4 Å². The van der Waals surface area contributed by atoms with Crippen LogP contribution in [0.25, 0.3) is 0 Å². The number of benzene rings is 1. The second-order valence-electron chi connectivity index (χ2n) is 2.89. The molecule has 0 aliphatic carbocycles. The van der Waals surface area contributed by atoms with Gasteiger partial charge in [-0.1, -0.05) is 12.1 Å². The average molecular weight is 208 g/mol. The summed E-state index contributed by atoms with van der Waals surface area (Å²) in [4.78, 5) is 0. The maximum absolute atomic E-state index is 13.1. The summed E-state index contributed by atoms with van der Waals surface area (Å²) < 4.78 is 26.0. The fourth-order valence-electron chi connectivity index (χ4n) is 1.01. The monoisotopic (exact) mass is 207 g/mol. The van der Waals surface area contributed by atoms with Crippen molar-refractivity contribution in [2.75, 3.05) is 0 Å². The van der Waals surface area contributed by atoms with Gasteiger partial charge in [-0.25, -0.2) is 8.78 Å². The highest BCUT2D eigenvalue weighted by atomic mass is 35.5. The first-order valence-corrected chi connectivity index (χ1v) is 3.74. The first-order chi connectivity index (χ1) is 5.54. The molecule has 2 N–H and O–H groups in total. The van der Waals surface area contributed by atoms with Crippen molar-refractivity contribution in [1.82, 2.24) is 0 Å². The lowest BCUT2D eigenvalue weighted by atomic mass is 10.1. The van der Waals surface area contributed by atoms with Gasteiger partial charge in [0.2, 0.25) is 0 Å². The van der Waals surface area contributed by atoms with Crippen molar-refractivity contribution in [1.29, 1.82) is 0 Å². The van der Waals surface area contributed by atoms with Gasteiger partial charge in [-0.3, -0.25) is 0 Å². The Hall–Kier alpha value is -0.670. The van der Waals surface area contributed by atoms with Gasteiger partial charge < -0.3 is 5.73 Å². The molecule has 0 saturated carbocycles. The highest BCUT2D eigenvalue weighted by Crippen LogP contribution is 2.19. The first kappa shape index (κ1) is 12.3. The third-order valence-corrected chi connectivity index (χ3v) is 1.80. The molecule has 0 heterocycles. The van der Waals surface area contributed by atoms with E-state index in [0.29, 0.717) is 5.56 Å². The number of hydrogen-bond donors (Lipinski definition) is 1. The van der Waals surface area contributed by atoms with E-state index < -0.39 is 17.7 Å². The van der Waals surface area contributed by atoms with E-state index in [9.17, 15) is 8.78 Å². The number of hydrogen-bond acceptors (Lipinski definition) is 1. The minimum absolute atomic E-state index is 0. The van der Waals surface area contributed by atoms with Crippen molar-refractivity contribution in [2.45, 2.75) is 19.9 Å². The smallest absolute Gasteiger partial charge is 0.163 e. The van der Waals surface area contributed by atoms with Crippen LogP contribution in [-0.2, 0) is 0 Å². The molecule has 0 bridgehead atoms. The van der Waals surface area contributed by atoms with Crippen molar-refractivity contribution < 1.29 is 8.78 Å². The maximum Gasteiger partial charge on any atom is 0.163 e. The Balaban J connectivity index is 0.00000144. The molecule has 0 fully saturated rings. The van der Waals surface area contributed by atoms with Crippen molar-refractivity contribution in [2.24, 2.45) is 5.73 Å². The molecular weight excluding hydrogens is 196 g/mol. The van der Waals surface area contributed by atoms with Gasteiger partial charge in [0.15, 0.2) is 11.6 Å². The van der Waals surface area contributed by atoms with E-state index in [1.807, 2.05) is 0 Å². The molecule has 1 nitrogen and oxygen atoms in total. The van der Waals surface area contributed by atoms with Crippen LogP contribution >= 0.6 is 12.4 Å². The number of halogens is 3. The zero-order chi connectivity index (χ0) is 9.30. The summed E-state index contributed by atoms with van der Waals surface area (Å²) in [5.41, 5.74) is 5.95. The fourth-order valence-corrected chi connectivity index (χ4v) is 1.01. The lowest BCUT2D eigenvalue weighted by Gasteiger charge is -2.08. The molecule has 1 atom stereocenters. The molecule has 1 aromatic carbocycles. The Bertz CT molecular complexity index is 300. The largest absolute Gasteiger partial charge is 0.324 e. The van der Waals surface area contributed by atoms with Crippen LogP contribution in [0.1, 0.15) is 24.1 Å². The molecule has 0 aromatic heterocycles. The Morgan fingerprint density at radius 3 is 2.23 bits per heavy atom. The minimum Gasteiger partial charge on any atom is -0.324 e. The van der Waals surface area contributed by atoms with Crippen LogP contribution in [0.2, 0.25) is 0 Å². The second-order valence-corrected chi connectivity index (χ2v) is 2.89. The van der Waals surface area contributed by atoms with Gasteiger partial charge in [0.25, 0.3) is 0 Å². The van der Waals surface area contributed by atoms with Gasteiger partial charge in [0.05, 0.1) is 0 Å². The molecule has 0 spiro atoms. The predicted octanol–water partition coefficient (Wildman–Crippen LogP) is 2.71. The van der Waals surface area contributed by atoms with Crippen molar-refractivity contribution in [3.8, 4) is 0 Å². The Labute approximate surface area is 82.4 Å². The van der Waals surface area contributed by atoms with E-state index in [4.69, 9.17) is 5.73 Å². The van der Waals surface area contributed by atoms with Crippen LogP contribution in [0.5, 0.6) is 0 Å². The summed E-state index contributed by atoms with van der Waals surface area (Å²) in [5.74, 6) is -1.63. The summed E-state index contributed by atoms with van der Waals surface area (Å²) in [6.45, 7) is 3.14. The standard InChI is InChI=1S/C9H11F2N.ClH/c1-5-3-4-7(6(2)12)9(11)8(5)10;/h3-4,6H,12H2,1-2H3;1H. The maximum atomic E-state index is 13.1. The molecular formula is C9H12ClF2N. The molecule has 1 aromatic rings. The highest BCUT2D eigenvalue weighted by molar-refractivity contribution is 5.85. The van der Waals surface area contributed by atoms with Gasteiger partial charge in [-0.05, 0) is 19.4 Å². The molecule has 0 amide bonds. The van der Waals surface area contributed by atoms with Crippen LogP contribution in [-0.4, -0.2) is 0 Å². The Morgan fingerprint density at radius 2 is 1.77 bits per heavy atom. The highest BCUT2D eigenvalue weighted by Gasteiger charge is 2.12. The molecule has 0 saturated heterocycles.